The molecule has 1 aromatic rings. The van der Waals surface area contributed by atoms with Crippen LogP contribution < -0.4 is 5.73 Å². The first-order chi connectivity index (χ1) is 9.95. The van der Waals surface area contributed by atoms with Crippen molar-refractivity contribution in [2.75, 3.05) is 18.9 Å². The number of rotatable bonds is 3. The molecule has 1 atom stereocenters. The van der Waals surface area contributed by atoms with Gasteiger partial charge in [0.25, 0.3) is 5.91 Å². The van der Waals surface area contributed by atoms with Crippen LogP contribution in [0.5, 0.6) is 0 Å². The number of carbonyl (C=O) groups is 2. The second kappa shape index (κ2) is 6.11. The molecule has 1 aliphatic heterocycles. The minimum Gasteiger partial charge on any atom is -0.464 e. The number of anilines is 1. The Hall–Kier alpha value is -2.11. The van der Waals surface area contributed by atoms with Crippen LogP contribution in [-0.4, -0.2) is 36.0 Å². The predicted octanol–water partition coefficient (Wildman–Crippen LogP) is 1.88. The zero-order valence-corrected chi connectivity index (χ0v) is 12.2. The number of esters is 1. The molecule has 1 aromatic carbocycles. The van der Waals surface area contributed by atoms with Gasteiger partial charge in [0.05, 0.1) is 6.61 Å². The van der Waals surface area contributed by atoms with Gasteiger partial charge in [-0.3, -0.25) is 4.79 Å². The van der Waals surface area contributed by atoms with E-state index >= 15 is 0 Å². The summed E-state index contributed by atoms with van der Waals surface area (Å²) in [4.78, 5) is 25.8. The monoisotopic (exact) mass is 294 g/mol. The van der Waals surface area contributed by atoms with E-state index in [4.69, 9.17) is 10.5 Å². The Balaban J connectivity index is 2.25. The highest BCUT2D eigenvalue weighted by molar-refractivity contribution is 5.98. The van der Waals surface area contributed by atoms with Gasteiger partial charge >= 0.3 is 5.97 Å². The molecule has 1 saturated heterocycles. The highest BCUT2D eigenvalue weighted by atomic mass is 19.1. The summed E-state index contributed by atoms with van der Waals surface area (Å²) >= 11 is 0. The molecule has 1 unspecified atom stereocenters. The van der Waals surface area contributed by atoms with Crippen LogP contribution in [-0.2, 0) is 9.53 Å². The normalized spacial score (nSPS) is 17.9. The molecule has 0 aromatic heterocycles. The van der Waals surface area contributed by atoms with E-state index < -0.39 is 23.7 Å². The van der Waals surface area contributed by atoms with Gasteiger partial charge in [0, 0.05) is 23.4 Å². The van der Waals surface area contributed by atoms with Crippen molar-refractivity contribution < 1.29 is 18.7 Å². The number of likely N-dealkylation sites (tertiary alicyclic amines) is 1. The molecule has 1 fully saturated rings. The molecule has 21 heavy (non-hydrogen) atoms. The lowest BCUT2D eigenvalue weighted by Crippen LogP contribution is -2.41. The van der Waals surface area contributed by atoms with E-state index in [-0.39, 0.29) is 17.9 Å². The van der Waals surface area contributed by atoms with Crippen LogP contribution in [0.1, 0.15) is 35.7 Å². The smallest absolute Gasteiger partial charge is 0.328 e. The first-order valence-electron chi connectivity index (χ1n) is 6.99. The van der Waals surface area contributed by atoms with Gasteiger partial charge < -0.3 is 15.4 Å². The van der Waals surface area contributed by atoms with Crippen molar-refractivity contribution in [2.24, 2.45) is 0 Å². The van der Waals surface area contributed by atoms with Gasteiger partial charge in [-0.25, -0.2) is 9.18 Å². The zero-order valence-electron chi connectivity index (χ0n) is 12.2. The lowest BCUT2D eigenvalue weighted by atomic mass is 10.1. The summed E-state index contributed by atoms with van der Waals surface area (Å²) < 4.78 is 18.7. The molecule has 0 radical (unpaired) electrons. The lowest BCUT2D eigenvalue weighted by Gasteiger charge is -2.23. The number of benzene rings is 1. The van der Waals surface area contributed by atoms with Gasteiger partial charge in [0.1, 0.15) is 11.9 Å². The molecule has 1 amide bonds. The first-order valence-corrected chi connectivity index (χ1v) is 6.99. The average Bonchev–Trinajstić information content (AvgIpc) is 2.93. The fourth-order valence-corrected chi connectivity index (χ4v) is 2.48. The van der Waals surface area contributed by atoms with Crippen molar-refractivity contribution in [1.29, 1.82) is 0 Å². The van der Waals surface area contributed by atoms with Crippen LogP contribution in [0.4, 0.5) is 10.1 Å². The summed E-state index contributed by atoms with van der Waals surface area (Å²) in [5, 5.41) is 0. The molecule has 5 nitrogen and oxygen atoms in total. The number of halogens is 1. The average molecular weight is 294 g/mol. The zero-order chi connectivity index (χ0) is 15.6. The third kappa shape index (κ3) is 2.99. The molecule has 1 aliphatic rings. The van der Waals surface area contributed by atoms with Crippen LogP contribution in [0, 0.1) is 12.7 Å². The molecule has 0 bridgehead atoms. The predicted molar refractivity (Wildman–Crippen MR) is 76.2 cm³/mol. The quantitative estimate of drug-likeness (QED) is 0.682. The van der Waals surface area contributed by atoms with Crippen molar-refractivity contribution >= 4 is 17.6 Å². The highest BCUT2D eigenvalue weighted by Gasteiger charge is 2.35. The maximum absolute atomic E-state index is 13.7. The van der Waals surface area contributed by atoms with Crippen molar-refractivity contribution in [2.45, 2.75) is 32.7 Å². The minimum atomic E-state index is -0.594. The molecule has 2 rings (SSSR count). The van der Waals surface area contributed by atoms with E-state index in [0.29, 0.717) is 18.5 Å². The van der Waals surface area contributed by atoms with Crippen molar-refractivity contribution in [3.63, 3.8) is 0 Å². The second-order valence-corrected chi connectivity index (χ2v) is 5.08. The van der Waals surface area contributed by atoms with Crippen LogP contribution >= 0.6 is 0 Å². The van der Waals surface area contributed by atoms with Gasteiger partial charge in [-0.05, 0) is 38.8 Å². The topological polar surface area (TPSA) is 72.6 Å². The molecule has 0 saturated carbocycles. The van der Waals surface area contributed by atoms with Gasteiger partial charge in [0.15, 0.2) is 0 Å². The van der Waals surface area contributed by atoms with E-state index in [1.165, 1.54) is 11.0 Å². The number of nitrogens with zero attached hydrogens (tertiary/aromatic N) is 1. The summed E-state index contributed by atoms with van der Waals surface area (Å²) in [6.45, 7) is 3.99. The number of amides is 1. The van der Waals surface area contributed by atoms with Crippen LogP contribution in [0.2, 0.25) is 0 Å². The number of hydrogen-bond donors (Lipinski definition) is 1. The third-order valence-electron chi connectivity index (χ3n) is 3.70. The number of nitrogens with two attached hydrogens (primary N) is 1. The summed E-state index contributed by atoms with van der Waals surface area (Å²) in [6, 6.07) is 2.01. The maximum atomic E-state index is 13.7. The summed E-state index contributed by atoms with van der Waals surface area (Å²) in [5.41, 5.74) is 6.40. The standard InChI is InChI=1S/C15H19FN2O3/c1-3-21-15(20)13-5-4-6-18(13)14(19)10-7-11(16)9(2)12(17)8-10/h7-8,13H,3-6,17H2,1-2H3. The van der Waals surface area contributed by atoms with E-state index in [0.717, 1.165) is 12.5 Å². The van der Waals surface area contributed by atoms with Gasteiger partial charge in [-0.2, -0.15) is 0 Å². The van der Waals surface area contributed by atoms with Crippen LogP contribution in [0.3, 0.4) is 0 Å². The summed E-state index contributed by atoms with van der Waals surface area (Å²) in [7, 11) is 0. The molecular formula is C15H19FN2O3. The molecular weight excluding hydrogens is 275 g/mol. The van der Waals surface area contributed by atoms with Crippen LogP contribution in [0.15, 0.2) is 12.1 Å². The maximum Gasteiger partial charge on any atom is 0.328 e. The Labute approximate surface area is 122 Å². The largest absolute Gasteiger partial charge is 0.464 e. The Morgan fingerprint density at radius 3 is 2.81 bits per heavy atom. The van der Waals surface area contributed by atoms with Crippen molar-refractivity contribution in [3.05, 3.63) is 29.1 Å². The van der Waals surface area contributed by atoms with E-state index in [1.807, 2.05) is 0 Å². The number of hydrogen-bond acceptors (Lipinski definition) is 4. The number of nitrogen functional groups attached to an aromatic ring is 1. The van der Waals surface area contributed by atoms with E-state index in [9.17, 15) is 14.0 Å². The summed E-state index contributed by atoms with van der Waals surface area (Å²) in [5.74, 6) is -1.33. The van der Waals surface area contributed by atoms with Gasteiger partial charge in [-0.15, -0.1) is 0 Å². The van der Waals surface area contributed by atoms with Crippen molar-refractivity contribution in [3.8, 4) is 0 Å². The molecule has 0 spiro atoms. The third-order valence-corrected chi connectivity index (χ3v) is 3.70. The SMILES string of the molecule is CCOC(=O)C1CCCN1C(=O)c1cc(N)c(C)c(F)c1. The number of carbonyl (C=O) groups excluding carboxylic acids is 2. The Bertz CT molecular complexity index is 551. The lowest BCUT2D eigenvalue weighted by molar-refractivity contribution is -0.147. The Morgan fingerprint density at radius 2 is 2.19 bits per heavy atom. The number of ether oxygens (including phenoxy) is 1. The van der Waals surface area contributed by atoms with E-state index in [1.54, 1.807) is 13.8 Å². The highest BCUT2D eigenvalue weighted by Crippen LogP contribution is 2.24. The Kier molecular flexibility index (Phi) is 4.45. The molecule has 1 heterocycles. The van der Waals surface area contributed by atoms with Crippen molar-refractivity contribution in [1.82, 2.24) is 4.90 Å². The molecule has 0 aliphatic carbocycles. The molecule has 114 valence electrons. The van der Waals surface area contributed by atoms with Crippen LogP contribution in [0.25, 0.3) is 0 Å². The summed E-state index contributed by atoms with van der Waals surface area (Å²) in [6.07, 6.45) is 1.29. The van der Waals surface area contributed by atoms with E-state index in [2.05, 4.69) is 0 Å². The fourth-order valence-electron chi connectivity index (χ4n) is 2.48. The first kappa shape index (κ1) is 15.3. The molecule has 6 heteroatoms. The second-order valence-electron chi connectivity index (χ2n) is 5.08. The minimum absolute atomic E-state index is 0.159. The Morgan fingerprint density at radius 1 is 1.48 bits per heavy atom. The van der Waals surface area contributed by atoms with Gasteiger partial charge in [0.2, 0.25) is 0 Å². The fraction of sp³-hybridized carbons (Fsp3) is 0.467. The molecule has 2 N–H and O–H groups in total. The van der Waals surface area contributed by atoms with Gasteiger partial charge in [-0.1, -0.05) is 0 Å².